The molecule has 0 unspecified atom stereocenters. The molecule has 2 aromatic rings. The predicted octanol–water partition coefficient (Wildman–Crippen LogP) is 1.17. The van der Waals surface area contributed by atoms with Crippen LogP contribution in [-0.4, -0.2) is 25.4 Å². The van der Waals surface area contributed by atoms with Crippen LogP contribution in [0.25, 0.3) is 11.0 Å². The first-order chi connectivity index (χ1) is 7.35. The van der Waals surface area contributed by atoms with Crippen molar-refractivity contribution in [2.45, 2.75) is 0 Å². The highest BCUT2D eigenvalue weighted by molar-refractivity contribution is 5.83. The Hall–Kier alpha value is -1.75. The van der Waals surface area contributed by atoms with Gasteiger partial charge >= 0.3 is 0 Å². The van der Waals surface area contributed by atoms with Crippen LogP contribution < -0.4 is 15.2 Å². The summed E-state index contributed by atoms with van der Waals surface area (Å²) in [6, 6.07) is 5.41. The van der Waals surface area contributed by atoms with Crippen LogP contribution in [0.1, 0.15) is 0 Å². The zero-order chi connectivity index (χ0) is 10.7. The first kappa shape index (κ1) is 9.79. The van der Waals surface area contributed by atoms with Crippen molar-refractivity contribution in [1.82, 2.24) is 5.16 Å². The Labute approximate surface area is 86.7 Å². The minimum atomic E-state index is 0.416. The lowest BCUT2D eigenvalue weighted by Crippen LogP contribution is -2.10. The largest absolute Gasteiger partial charge is 0.497 e. The molecule has 0 aliphatic heterocycles. The summed E-state index contributed by atoms with van der Waals surface area (Å²) in [4.78, 5) is 0. The number of hydrogen-bond acceptors (Lipinski definition) is 5. The molecule has 2 N–H and O–H groups in total. The van der Waals surface area contributed by atoms with E-state index in [1.165, 1.54) is 0 Å². The maximum Gasteiger partial charge on any atom is 0.262 e. The molecule has 2 rings (SSSR count). The summed E-state index contributed by atoms with van der Waals surface area (Å²) >= 11 is 0. The van der Waals surface area contributed by atoms with E-state index in [0.717, 1.165) is 11.1 Å². The van der Waals surface area contributed by atoms with E-state index in [1.807, 2.05) is 6.07 Å². The number of fused-ring (bicyclic) bond motifs is 1. The fourth-order valence-electron chi connectivity index (χ4n) is 1.28. The molecule has 5 nitrogen and oxygen atoms in total. The van der Waals surface area contributed by atoms with Gasteiger partial charge in [-0.25, -0.2) is 0 Å². The summed E-state index contributed by atoms with van der Waals surface area (Å²) in [5.74, 6) is 1.19. The zero-order valence-electron chi connectivity index (χ0n) is 8.40. The summed E-state index contributed by atoms with van der Waals surface area (Å²) in [7, 11) is 1.61. The third-order valence-electron chi connectivity index (χ3n) is 2.00. The second-order valence-electron chi connectivity index (χ2n) is 2.99. The van der Waals surface area contributed by atoms with E-state index in [2.05, 4.69) is 5.16 Å². The molecule has 15 heavy (non-hydrogen) atoms. The Morgan fingerprint density at radius 1 is 1.47 bits per heavy atom. The molecule has 0 aliphatic rings. The topological polar surface area (TPSA) is 70.5 Å². The second kappa shape index (κ2) is 4.18. The summed E-state index contributed by atoms with van der Waals surface area (Å²) in [6.45, 7) is 0.858. The molecule has 0 atom stereocenters. The zero-order valence-corrected chi connectivity index (χ0v) is 8.40. The van der Waals surface area contributed by atoms with Crippen LogP contribution in [0.3, 0.4) is 0 Å². The van der Waals surface area contributed by atoms with Gasteiger partial charge in [-0.1, -0.05) is 0 Å². The van der Waals surface area contributed by atoms with Gasteiger partial charge in [0.15, 0.2) is 5.58 Å². The van der Waals surface area contributed by atoms with Crippen molar-refractivity contribution in [2.24, 2.45) is 5.73 Å². The van der Waals surface area contributed by atoms with E-state index in [-0.39, 0.29) is 0 Å². The third kappa shape index (κ3) is 1.87. The highest BCUT2D eigenvalue weighted by Crippen LogP contribution is 2.28. The monoisotopic (exact) mass is 208 g/mol. The molecule has 80 valence electrons. The molecule has 0 bridgehead atoms. The number of aromatic nitrogens is 1. The first-order valence-electron chi connectivity index (χ1n) is 4.61. The van der Waals surface area contributed by atoms with Gasteiger partial charge in [0.2, 0.25) is 0 Å². The Morgan fingerprint density at radius 2 is 2.33 bits per heavy atom. The maximum atomic E-state index is 5.34. The van der Waals surface area contributed by atoms with E-state index in [1.54, 1.807) is 19.2 Å². The standard InChI is InChI=1S/C10H12N2O3/c1-13-7-2-3-9-8(6-7)10(12-15-9)14-5-4-11/h2-3,6H,4-5,11H2,1H3. The third-order valence-corrected chi connectivity index (χ3v) is 2.00. The molecule has 0 saturated carbocycles. The number of methoxy groups -OCH3 is 1. The Morgan fingerprint density at radius 3 is 3.07 bits per heavy atom. The Bertz CT molecular complexity index is 453. The molecular formula is C10H12N2O3. The Balaban J connectivity index is 2.38. The van der Waals surface area contributed by atoms with Crippen molar-refractivity contribution < 1.29 is 14.0 Å². The lowest BCUT2D eigenvalue weighted by atomic mass is 10.2. The average molecular weight is 208 g/mol. The molecule has 0 fully saturated rings. The van der Waals surface area contributed by atoms with Gasteiger partial charge in [0, 0.05) is 6.54 Å². The summed E-state index contributed by atoms with van der Waals surface area (Å²) < 4.78 is 15.5. The van der Waals surface area contributed by atoms with Crippen molar-refractivity contribution in [3.63, 3.8) is 0 Å². The minimum Gasteiger partial charge on any atom is -0.497 e. The molecule has 5 heteroatoms. The fraction of sp³-hybridized carbons (Fsp3) is 0.300. The van der Waals surface area contributed by atoms with Crippen LogP contribution in [0.15, 0.2) is 22.7 Å². The van der Waals surface area contributed by atoms with E-state index >= 15 is 0 Å². The van der Waals surface area contributed by atoms with E-state index in [9.17, 15) is 0 Å². The van der Waals surface area contributed by atoms with Crippen LogP contribution in [0, 0.1) is 0 Å². The molecule has 0 saturated heterocycles. The normalized spacial score (nSPS) is 10.5. The number of nitrogens with two attached hydrogens (primary N) is 1. The van der Waals surface area contributed by atoms with Gasteiger partial charge in [0.25, 0.3) is 5.88 Å². The second-order valence-corrected chi connectivity index (χ2v) is 2.99. The first-order valence-corrected chi connectivity index (χ1v) is 4.61. The quantitative estimate of drug-likeness (QED) is 0.816. The molecule has 0 spiro atoms. The van der Waals surface area contributed by atoms with Crippen LogP contribution in [0.4, 0.5) is 0 Å². The van der Waals surface area contributed by atoms with Crippen LogP contribution in [0.5, 0.6) is 11.6 Å². The lowest BCUT2D eigenvalue weighted by molar-refractivity contribution is 0.293. The molecule has 0 aliphatic carbocycles. The van der Waals surface area contributed by atoms with Gasteiger partial charge in [-0.05, 0) is 23.4 Å². The fourth-order valence-corrected chi connectivity index (χ4v) is 1.28. The number of hydrogen-bond donors (Lipinski definition) is 1. The van der Waals surface area contributed by atoms with E-state index in [0.29, 0.717) is 24.6 Å². The molecule has 1 heterocycles. The predicted molar refractivity (Wildman–Crippen MR) is 55.1 cm³/mol. The van der Waals surface area contributed by atoms with Gasteiger partial charge in [0.05, 0.1) is 12.5 Å². The smallest absolute Gasteiger partial charge is 0.262 e. The summed E-state index contributed by atoms with van der Waals surface area (Å²) in [5, 5.41) is 4.59. The van der Waals surface area contributed by atoms with Crippen molar-refractivity contribution >= 4 is 11.0 Å². The van der Waals surface area contributed by atoms with Gasteiger partial charge in [-0.2, -0.15) is 0 Å². The van der Waals surface area contributed by atoms with Crippen molar-refractivity contribution in [1.29, 1.82) is 0 Å². The SMILES string of the molecule is COc1ccc2onc(OCCN)c2c1. The van der Waals surface area contributed by atoms with E-state index < -0.39 is 0 Å². The van der Waals surface area contributed by atoms with Crippen molar-refractivity contribution in [3.05, 3.63) is 18.2 Å². The van der Waals surface area contributed by atoms with Gasteiger partial charge in [-0.3, -0.25) is 0 Å². The van der Waals surface area contributed by atoms with Crippen LogP contribution in [0.2, 0.25) is 0 Å². The number of rotatable bonds is 4. The number of ether oxygens (including phenoxy) is 2. The van der Waals surface area contributed by atoms with Gasteiger partial charge in [0.1, 0.15) is 12.4 Å². The number of benzene rings is 1. The minimum absolute atomic E-state index is 0.416. The molecule has 1 aromatic carbocycles. The highest BCUT2D eigenvalue weighted by atomic mass is 16.5. The molecule has 1 aromatic heterocycles. The average Bonchev–Trinajstić information content (AvgIpc) is 2.68. The molecule has 0 radical (unpaired) electrons. The summed E-state index contributed by atoms with van der Waals surface area (Å²) in [6.07, 6.45) is 0. The van der Waals surface area contributed by atoms with Crippen molar-refractivity contribution in [3.8, 4) is 11.6 Å². The summed E-state index contributed by atoms with van der Waals surface area (Å²) in [5.41, 5.74) is 6.01. The van der Waals surface area contributed by atoms with Gasteiger partial charge in [-0.15, -0.1) is 0 Å². The van der Waals surface area contributed by atoms with Crippen molar-refractivity contribution in [2.75, 3.05) is 20.3 Å². The van der Waals surface area contributed by atoms with E-state index in [4.69, 9.17) is 19.7 Å². The number of nitrogens with zero attached hydrogens (tertiary/aromatic N) is 1. The molecule has 0 amide bonds. The maximum absolute atomic E-state index is 5.34. The van der Waals surface area contributed by atoms with Crippen LogP contribution in [-0.2, 0) is 0 Å². The van der Waals surface area contributed by atoms with Gasteiger partial charge < -0.3 is 19.7 Å². The lowest BCUT2D eigenvalue weighted by Gasteiger charge is -2.00. The Kier molecular flexibility index (Phi) is 2.73. The highest BCUT2D eigenvalue weighted by Gasteiger charge is 2.09. The van der Waals surface area contributed by atoms with Crippen LogP contribution >= 0.6 is 0 Å². The molecular weight excluding hydrogens is 196 g/mol.